The molecule has 1 heterocycles. The van der Waals surface area contributed by atoms with Gasteiger partial charge in [-0.2, -0.15) is 0 Å². The predicted octanol–water partition coefficient (Wildman–Crippen LogP) is 4.57. The highest BCUT2D eigenvalue weighted by Gasteiger charge is 2.11. The fraction of sp³-hybridized carbons (Fsp3) is 0.360. The summed E-state index contributed by atoms with van der Waals surface area (Å²) in [5.74, 6) is 0.873. The summed E-state index contributed by atoms with van der Waals surface area (Å²) in [6.45, 7) is 9.65. The zero-order chi connectivity index (χ0) is 22.1. The Hall–Kier alpha value is -2.55. The van der Waals surface area contributed by atoms with Crippen molar-refractivity contribution in [3.05, 3.63) is 71.4 Å². The molecule has 0 bridgehead atoms. The van der Waals surface area contributed by atoms with Gasteiger partial charge in [-0.3, -0.25) is 4.79 Å². The number of nitrogens with one attached hydrogen (secondary N) is 3. The standard InChI is InChI=1S/C25H33N5O.HI/c1-4-26-25(27-16-15-21-18-28-23-10-8-7-9-22(21)23)29-17-19-11-13-20(14-12-19)24(31)30(5-2)6-3;/h7-14,18,28H,4-6,15-17H2,1-3H3,(H2,26,27,29);1H. The lowest BCUT2D eigenvalue weighted by molar-refractivity contribution is 0.0773. The number of hydrogen-bond acceptors (Lipinski definition) is 2. The van der Waals surface area contributed by atoms with Gasteiger partial charge < -0.3 is 20.5 Å². The van der Waals surface area contributed by atoms with Gasteiger partial charge in [-0.25, -0.2) is 4.99 Å². The normalized spacial score (nSPS) is 11.2. The van der Waals surface area contributed by atoms with Crippen LogP contribution in [0.1, 0.15) is 42.3 Å². The van der Waals surface area contributed by atoms with Crippen molar-refractivity contribution in [3.63, 3.8) is 0 Å². The predicted molar refractivity (Wildman–Crippen MR) is 144 cm³/mol. The average Bonchev–Trinajstić information content (AvgIpc) is 3.21. The molecule has 0 atom stereocenters. The topological polar surface area (TPSA) is 72.5 Å². The third-order valence-corrected chi connectivity index (χ3v) is 5.38. The zero-order valence-corrected chi connectivity index (χ0v) is 21.5. The van der Waals surface area contributed by atoms with Gasteiger partial charge in [-0.15, -0.1) is 24.0 Å². The van der Waals surface area contributed by atoms with Crippen LogP contribution in [0.4, 0.5) is 0 Å². The minimum Gasteiger partial charge on any atom is -0.361 e. The van der Waals surface area contributed by atoms with Crippen LogP contribution in [0.2, 0.25) is 0 Å². The van der Waals surface area contributed by atoms with E-state index < -0.39 is 0 Å². The van der Waals surface area contributed by atoms with Crippen LogP contribution < -0.4 is 10.6 Å². The third kappa shape index (κ3) is 6.72. The minimum atomic E-state index is 0. The van der Waals surface area contributed by atoms with Crippen LogP contribution in [0.15, 0.2) is 59.7 Å². The smallest absolute Gasteiger partial charge is 0.253 e. The summed E-state index contributed by atoms with van der Waals surface area (Å²) in [5.41, 5.74) is 4.26. The maximum atomic E-state index is 12.4. The van der Waals surface area contributed by atoms with E-state index in [1.165, 1.54) is 16.5 Å². The molecule has 2 aromatic carbocycles. The first-order valence-electron chi connectivity index (χ1n) is 11.1. The quantitative estimate of drug-likeness (QED) is 0.209. The van der Waals surface area contributed by atoms with Crippen LogP contribution in [0.25, 0.3) is 10.9 Å². The second-order valence-corrected chi connectivity index (χ2v) is 7.41. The van der Waals surface area contributed by atoms with Crippen molar-refractivity contribution < 1.29 is 4.79 Å². The van der Waals surface area contributed by atoms with Crippen molar-refractivity contribution in [1.82, 2.24) is 20.5 Å². The molecule has 0 aliphatic heterocycles. The maximum absolute atomic E-state index is 12.4. The van der Waals surface area contributed by atoms with E-state index in [2.05, 4.69) is 46.9 Å². The number of para-hydroxylation sites is 1. The molecule has 0 radical (unpaired) electrons. The van der Waals surface area contributed by atoms with Crippen molar-refractivity contribution in [1.29, 1.82) is 0 Å². The Morgan fingerprint density at radius 2 is 1.72 bits per heavy atom. The molecule has 32 heavy (non-hydrogen) atoms. The van der Waals surface area contributed by atoms with Crippen molar-refractivity contribution >= 4 is 46.7 Å². The molecular weight excluding hydrogens is 513 g/mol. The van der Waals surface area contributed by atoms with Crippen molar-refractivity contribution in [2.24, 2.45) is 4.99 Å². The lowest BCUT2D eigenvalue weighted by Gasteiger charge is -2.18. The number of halogens is 1. The molecule has 0 spiro atoms. The molecule has 0 fully saturated rings. The first-order chi connectivity index (χ1) is 15.2. The fourth-order valence-corrected chi connectivity index (χ4v) is 3.61. The highest BCUT2D eigenvalue weighted by Crippen LogP contribution is 2.17. The molecule has 0 aliphatic carbocycles. The Labute approximate surface area is 207 Å². The molecule has 3 N–H and O–H groups in total. The van der Waals surface area contributed by atoms with Crippen LogP contribution in [0.3, 0.4) is 0 Å². The van der Waals surface area contributed by atoms with Gasteiger partial charge in [0, 0.05) is 48.8 Å². The first kappa shape index (κ1) is 25.7. The number of rotatable bonds is 9. The second-order valence-electron chi connectivity index (χ2n) is 7.41. The van der Waals surface area contributed by atoms with E-state index in [-0.39, 0.29) is 29.9 Å². The number of guanidine groups is 1. The van der Waals surface area contributed by atoms with Gasteiger partial charge >= 0.3 is 0 Å². The molecular formula is C25H34IN5O. The minimum absolute atomic E-state index is 0. The van der Waals surface area contributed by atoms with Crippen LogP contribution in [0, 0.1) is 0 Å². The molecule has 1 amide bonds. The number of amides is 1. The summed E-state index contributed by atoms with van der Waals surface area (Å²) in [6.07, 6.45) is 2.99. The van der Waals surface area contributed by atoms with Crippen molar-refractivity contribution in [2.75, 3.05) is 26.2 Å². The van der Waals surface area contributed by atoms with E-state index in [4.69, 9.17) is 4.99 Å². The molecule has 0 saturated carbocycles. The maximum Gasteiger partial charge on any atom is 0.253 e. The van der Waals surface area contributed by atoms with Gasteiger partial charge in [0.2, 0.25) is 0 Å². The second kappa shape index (κ2) is 13.1. The molecule has 172 valence electrons. The molecule has 3 aromatic rings. The number of fused-ring (bicyclic) bond motifs is 1. The summed E-state index contributed by atoms with van der Waals surface area (Å²) >= 11 is 0. The van der Waals surface area contributed by atoms with E-state index in [9.17, 15) is 4.79 Å². The van der Waals surface area contributed by atoms with Gasteiger partial charge in [-0.1, -0.05) is 30.3 Å². The molecule has 0 aliphatic rings. The zero-order valence-electron chi connectivity index (χ0n) is 19.1. The molecule has 0 saturated heterocycles. The van der Waals surface area contributed by atoms with Crippen molar-refractivity contribution in [3.8, 4) is 0 Å². The van der Waals surface area contributed by atoms with Gasteiger partial charge in [0.15, 0.2) is 5.96 Å². The van der Waals surface area contributed by atoms with E-state index in [1.807, 2.05) is 49.1 Å². The number of aliphatic imine (C=N–C) groups is 1. The number of aromatic amines is 1. The Balaban J connectivity index is 0.00000363. The van der Waals surface area contributed by atoms with E-state index >= 15 is 0 Å². The third-order valence-electron chi connectivity index (χ3n) is 5.38. The SMILES string of the molecule is CCNC(=NCc1ccc(C(=O)N(CC)CC)cc1)NCCc1c[nH]c2ccccc12.I. The van der Waals surface area contributed by atoms with E-state index in [1.54, 1.807) is 0 Å². The molecule has 7 heteroatoms. The lowest BCUT2D eigenvalue weighted by atomic mass is 10.1. The van der Waals surface area contributed by atoms with Crippen LogP contribution in [-0.4, -0.2) is 47.9 Å². The summed E-state index contributed by atoms with van der Waals surface area (Å²) in [5, 5.41) is 7.99. The molecule has 1 aromatic heterocycles. The number of carbonyl (C=O) groups excluding carboxylic acids is 1. The van der Waals surface area contributed by atoms with Crippen LogP contribution in [0.5, 0.6) is 0 Å². The highest BCUT2D eigenvalue weighted by atomic mass is 127. The summed E-state index contributed by atoms with van der Waals surface area (Å²) in [7, 11) is 0. The van der Waals surface area contributed by atoms with Gasteiger partial charge in [0.25, 0.3) is 5.91 Å². The number of aromatic nitrogens is 1. The molecule has 0 unspecified atom stereocenters. The van der Waals surface area contributed by atoms with Crippen LogP contribution >= 0.6 is 24.0 Å². The number of nitrogens with zero attached hydrogens (tertiary/aromatic N) is 2. The molecule has 6 nitrogen and oxygen atoms in total. The Morgan fingerprint density at radius 1 is 1.00 bits per heavy atom. The van der Waals surface area contributed by atoms with Gasteiger partial charge in [0.1, 0.15) is 0 Å². The summed E-state index contributed by atoms with van der Waals surface area (Å²) in [4.78, 5) is 22.3. The molecule has 3 rings (SSSR count). The number of benzene rings is 2. The van der Waals surface area contributed by atoms with Crippen LogP contribution in [-0.2, 0) is 13.0 Å². The fourth-order valence-electron chi connectivity index (χ4n) is 3.61. The van der Waals surface area contributed by atoms with E-state index in [0.29, 0.717) is 6.54 Å². The average molecular weight is 547 g/mol. The number of carbonyl (C=O) groups is 1. The Bertz CT molecular complexity index is 1010. The van der Waals surface area contributed by atoms with Gasteiger partial charge in [0.05, 0.1) is 6.54 Å². The number of H-pyrrole nitrogens is 1. The monoisotopic (exact) mass is 547 g/mol. The first-order valence-corrected chi connectivity index (χ1v) is 11.1. The summed E-state index contributed by atoms with van der Waals surface area (Å²) < 4.78 is 0. The van der Waals surface area contributed by atoms with Crippen molar-refractivity contribution in [2.45, 2.75) is 33.7 Å². The van der Waals surface area contributed by atoms with E-state index in [0.717, 1.165) is 49.7 Å². The Morgan fingerprint density at radius 3 is 2.41 bits per heavy atom. The lowest BCUT2D eigenvalue weighted by Crippen LogP contribution is -2.38. The van der Waals surface area contributed by atoms with Gasteiger partial charge in [-0.05, 0) is 56.5 Å². The Kier molecular flexibility index (Phi) is 10.5. The number of hydrogen-bond donors (Lipinski definition) is 3. The highest BCUT2D eigenvalue weighted by molar-refractivity contribution is 14.0. The summed E-state index contributed by atoms with van der Waals surface area (Å²) in [6, 6.07) is 16.1. The largest absolute Gasteiger partial charge is 0.361 e.